The Morgan fingerprint density at radius 2 is 2.14 bits per heavy atom. The molecule has 0 fully saturated rings. The molecule has 0 atom stereocenters. The highest BCUT2D eigenvalue weighted by atomic mass is 16.6. The minimum atomic E-state index is -0.565. The molecule has 0 saturated heterocycles. The highest BCUT2D eigenvalue weighted by Crippen LogP contribution is 2.21. The fourth-order valence-electron chi connectivity index (χ4n) is 1.91. The first-order chi connectivity index (χ1) is 10.6. The number of carbonyl (C=O) groups excluding carboxylic acids is 2. The van der Waals surface area contributed by atoms with Crippen LogP contribution in [0.1, 0.15) is 18.2 Å². The topological polar surface area (TPSA) is 78.1 Å². The van der Waals surface area contributed by atoms with Gasteiger partial charge in [0.05, 0.1) is 6.26 Å². The molecule has 1 aromatic carbocycles. The van der Waals surface area contributed by atoms with E-state index in [0.29, 0.717) is 17.1 Å². The lowest BCUT2D eigenvalue weighted by Crippen LogP contribution is -2.04. The lowest BCUT2D eigenvalue weighted by atomic mass is 10.2. The number of rotatable bonds is 3. The number of benzene rings is 1. The average molecular weight is 297 g/mol. The van der Waals surface area contributed by atoms with Crippen molar-refractivity contribution in [3.8, 4) is 5.75 Å². The van der Waals surface area contributed by atoms with Gasteiger partial charge in [-0.25, -0.2) is 9.79 Å². The first-order valence-electron chi connectivity index (χ1n) is 6.47. The second-order valence-electron chi connectivity index (χ2n) is 4.48. The Kier molecular flexibility index (Phi) is 3.57. The van der Waals surface area contributed by atoms with Crippen molar-refractivity contribution in [2.45, 2.75) is 6.92 Å². The van der Waals surface area contributed by atoms with Gasteiger partial charge in [-0.1, -0.05) is 12.1 Å². The van der Waals surface area contributed by atoms with Gasteiger partial charge in [0.2, 0.25) is 0 Å². The summed E-state index contributed by atoms with van der Waals surface area (Å²) >= 11 is 0. The van der Waals surface area contributed by atoms with Gasteiger partial charge in [0.15, 0.2) is 11.5 Å². The van der Waals surface area contributed by atoms with Crippen LogP contribution in [0.15, 0.2) is 57.8 Å². The smallest absolute Gasteiger partial charge is 0.363 e. The van der Waals surface area contributed by atoms with E-state index in [1.54, 1.807) is 42.5 Å². The van der Waals surface area contributed by atoms with Crippen LogP contribution in [0.5, 0.6) is 5.75 Å². The van der Waals surface area contributed by atoms with Crippen molar-refractivity contribution < 1.29 is 23.5 Å². The molecule has 0 saturated carbocycles. The zero-order valence-electron chi connectivity index (χ0n) is 11.6. The van der Waals surface area contributed by atoms with Crippen molar-refractivity contribution >= 4 is 23.9 Å². The molecular weight excluding hydrogens is 286 g/mol. The molecule has 3 rings (SSSR count). The first-order valence-corrected chi connectivity index (χ1v) is 6.47. The molecule has 0 amide bonds. The fraction of sp³-hybridized carbons (Fsp3) is 0.0625. The molecule has 6 heteroatoms. The number of carbonyl (C=O) groups is 2. The maximum absolute atomic E-state index is 11.8. The molecule has 2 aromatic rings. The maximum Gasteiger partial charge on any atom is 0.363 e. The summed E-state index contributed by atoms with van der Waals surface area (Å²) in [6, 6.07) is 10.1. The maximum atomic E-state index is 11.8. The molecule has 0 aliphatic carbocycles. The first kappa shape index (κ1) is 13.8. The number of nitrogens with zero attached hydrogens (tertiary/aromatic N) is 1. The summed E-state index contributed by atoms with van der Waals surface area (Å²) in [5.41, 5.74) is 0.807. The molecule has 0 bridgehead atoms. The predicted octanol–water partition coefficient (Wildman–Crippen LogP) is 2.55. The van der Waals surface area contributed by atoms with Crippen LogP contribution in [0.4, 0.5) is 0 Å². The number of furan rings is 1. The van der Waals surface area contributed by atoms with Gasteiger partial charge in [0.1, 0.15) is 5.75 Å². The Morgan fingerprint density at radius 3 is 2.86 bits per heavy atom. The van der Waals surface area contributed by atoms with E-state index in [2.05, 4.69) is 4.99 Å². The van der Waals surface area contributed by atoms with Gasteiger partial charge < -0.3 is 13.9 Å². The highest BCUT2D eigenvalue weighted by molar-refractivity contribution is 6.11. The number of aliphatic imine (C=N–C) groups is 1. The fourth-order valence-corrected chi connectivity index (χ4v) is 1.91. The molecular formula is C16H11NO5. The molecule has 22 heavy (non-hydrogen) atoms. The third-order valence-corrected chi connectivity index (χ3v) is 2.78. The average Bonchev–Trinajstić information content (AvgIpc) is 3.09. The quantitative estimate of drug-likeness (QED) is 0.494. The van der Waals surface area contributed by atoms with E-state index in [1.165, 1.54) is 13.2 Å². The minimum Gasteiger partial charge on any atom is -0.459 e. The summed E-state index contributed by atoms with van der Waals surface area (Å²) in [4.78, 5) is 26.9. The molecule has 0 radical (unpaired) electrons. The van der Waals surface area contributed by atoms with Crippen molar-refractivity contribution in [2.24, 2.45) is 4.99 Å². The van der Waals surface area contributed by atoms with Crippen LogP contribution in [-0.2, 0) is 14.3 Å². The molecule has 2 heterocycles. The zero-order valence-corrected chi connectivity index (χ0v) is 11.6. The van der Waals surface area contributed by atoms with E-state index >= 15 is 0 Å². The van der Waals surface area contributed by atoms with E-state index < -0.39 is 11.9 Å². The standard InChI is InChI=1S/C16H11NO5/c1-10(18)21-12-5-2-4-11(8-12)9-13-16(19)22-15(17-13)14-6-3-7-20-14/h2-9H,1H3. The van der Waals surface area contributed by atoms with Gasteiger partial charge in [-0.2, -0.15) is 0 Å². The van der Waals surface area contributed by atoms with Gasteiger partial charge in [-0.3, -0.25) is 4.79 Å². The third kappa shape index (κ3) is 2.95. The van der Waals surface area contributed by atoms with Crippen LogP contribution >= 0.6 is 0 Å². The number of hydrogen-bond donors (Lipinski definition) is 0. The lowest BCUT2D eigenvalue weighted by Gasteiger charge is -2.01. The Bertz CT molecular complexity index is 787. The van der Waals surface area contributed by atoms with Crippen LogP contribution in [-0.4, -0.2) is 17.8 Å². The van der Waals surface area contributed by atoms with Gasteiger partial charge in [0.25, 0.3) is 5.90 Å². The Balaban J connectivity index is 1.88. The van der Waals surface area contributed by atoms with Crippen LogP contribution in [0, 0.1) is 0 Å². The van der Waals surface area contributed by atoms with Gasteiger partial charge in [-0.15, -0.1) is 0 Å². The van der Waals surface area contributed by atoms with Crippen molar-refractivity contribution in [1.82, 2.24) is 0 Å². The Labute approximate surface area is 125 Å². The Hall–Kier alpha value is -3.15. The summed E-state index contributed by atoms with van der Waals surface area (Å²) in [5.74, 6) is -0.0845. The summed E-state index contributed by atoms with van der Waals surface area (Å²) in [6.45, 7) is 1.32. The largest absolute Gasteiger partial charge is 0.459 e. The molecule has 1 aromatic heterocycles. The van der Waals surface area contributed by atoms with Crippen LogP contribution in [0.2, 0.25) is 0 Å². The summed E-state index contributed by atoms with van der Waals surface area (Å²) in [6.07, 6.45) is 3.02. The van der Waals surface area contributed by atoms with Crippen LogP contribution in [0.3, 0.4) is 0 Å². The van der Waals surface area contributed by atoms with Gasteiger partial charge >= 0.3 is 11.9 Å². The number of cyclic esters (lactones) is 1. The highest BCUT2D eigenvalue weighted by Gasteiger charge is 2.25. The number of hydrogen-bond acceptors (Lipinski definition) is 6. The van der Waals surface area contributed by atoms with Gasteiger partial charge in [-0.05, 0) is 35.9 Å². The number of ether oxygens (including phenoxy) is 2. The molecule has 1 aliphatic rings. The molecule has 6 nitrogen and oxygen atoms in total. The van der Waals surface area contributed by atoms with Crippen molar-refractivity contribution in [2.75, 3.05) is 0 Å². The monoisotopic (exact) mass is 297 g/mol. The second-order valence-corrected chi connectivity index (χ2v) is 4.48. The normalized spacial score (nSPS) is 15.6. The lowest BCUT2D eigenvalue weighted by molar-refractivity contribution is -0.132. The van der Waals surface area contributed by atoms with Crippen molar-refractivity contribution in [3.05, 3.63) is 59.7 Å². The molecule has 110 valence electrons. The van der Waals surface area contributed by atoms with Crippen LogP contribution < -0.4 is 4.74 Å². The number of esters is 2. The predicted molar refractivity (Wildman–Crippen MR) is 77.1 cm³/mol. The molecule has 0 spiro atoms. The van der Waals surface area contributed by atoms with E-state index in [4.69, 9.17) is 13.9 Å². The zero-order chi connectivity index (χ0) is 15.5. The van der Waals surface area contributed by atoms with Crippen LogP contribution in [0.25, 0.3) is 6.08 Å². The molecule has 0 N–H and O–H groups in total. The molecule has 0 unspecified atom stereocenters. The summed E-state index contributed by atoms with van der Waals surface area (Å²) < 4.78 is 15.2. The van der Waals surface area contributed by atoms with Crippen molar-refractivity contribution in [3.63, 3.8) is 0 Å². The van der Waals surface area contributed by atoms with Gasteiger partial charge in [0, 0.05) is 6.92 Å². The third-order valence-electron chi connectivity index (χ3n) is 2.78. The molecule has 1 aliphatic heterocycles. The van der Waals surface area contributed by atoms with E-state index in [1.807, 2.05) is 0 Å². The Morgan fingerprint density at radius 1 is 1.27 bits per heavy atom. The summed E-state index contributed by atoms with van der Waals surface area (Å²) in [5, 5.41) is 0. The van der Waals surface area contributed by atoms with E-state index in [0.717, 1.165) is 0 Å². The summed E-state index contributed by atoms with van der Waals surface area (Å²) in [7, 11) is 0. The minimum absolute atomic E-state index is 0.123. The van der Waals surface area contributed by atoms with E-state index in [9.17, 15) is 9.59 Å². The van der Waals surface area contributed by atoms with E-state index in [-0.39, 0.29) is 11.6 Å². The SMILES string of the molecule is CC(=O)Oc1cccc(C=C2N=C(c3ccco3)OC2=O)c1. The second kappa shape index (κ2) is 5.69. The van der Waals surface area contributed by atoms with Crippen molar-refractivity contribution in [1.29, 1.82) is 0 Å².